The molecule has 2 aliphatic carbocycles. The highest BCUT2D eigenvalue weighted by Gasteiger charge is 2.22. The van der Waals surface area contributed by atoms with Gasteiger partial charge in [-0.25, -0.2) is 0 Å². The van der Waals surface area contributed by atoms with Gasteiger partial charge in [0.15, 0.2) is 11.5 Å². The van der Waals surface area contributed by atoms with Crippen molar-refractivity contribution in [3.05, 3.63) is 23.8 Å². The van der Waals surface area contributed by atoms with Gasteiger partial charge in [0, 0.05) is 18.2 Å². The van der Waals surface area contributed by atoms with Gasteiger partial charge in [-0.3, -0.25) is 0 Å². The van der Waals surface area contributed by atoms with Crippen LogP contribution in [0.3, 0.4) is 0 Å². The molecule has 2 aliphatic rings. The maximum absolute atomic E-state index is 6.19. The molecule has 0 saturated heterocycles. The van der Waals surface area contributed by atoms with E-state index in [0.29, 0.717) is 12.6 Å². The van der Waals surface area contributed by atoms with Crippen LogP contribution in [-0.4, -0.2) is 19.3 Å². The van der Waals surface area contributed by atoms with Gasteiger partial charge in [-0.15, -0.1) is 0 Å². The van der Waals surface area contributed by atoms with Crippen molar-refractivity contribution in [2.24, 2.45) is 5.92 Å². The molecule has 0 unspecified atom stereocenters. The number of hydrogen-bond acceptors (Lipinski definition) is 3. The van der Waals surface area contributed by atoms with Crippen LogP contribution in [0.4, 0.5) is 0 Å². The second-order valence-corrected chi connectivity index (χ2v) is 6.29. The molecule has 21 heavy (non-hydrogen) atoms. The summed E-state index contributed by atoms with van der Waals surface area (Å²) in [6.45, 7) is 4.42. The number of para-hydroxylation sites is 1. The maximum Gasteiger partial charge on any atom is 0.165 e. The normalized spacial score (nSPS) is 18.9. The zero-order valence-electron chi connectivity index (χ0n) is 13.1. The summed E-state index contributed by atoms with van der Waals surface area (Å²) in [5.41, 5.74) is 1.23. The van der Waals surface area contributed by atoms with E-state index in [4.69, 9.17) is 9.47 Å². The summed E-state index contributed by atoms with van der Waals surface area (Å²) in [5.74, 6) is 2.58. The summed E-state index contributed by atoms with van der Waals surface area (Å²) in [4.78, 5) is 0. The Bertz CT molecular complexity index is 451. The first-order valence-electron chi connectivity index (χ1n) is 8.47. The van der Waals surface area contributed by atoms with Gasteiger partial charge in [0.25, 0.3) is 0 Å². The van der Waals surface area contributed by atoms with E-state index in [9.17, 15) is 0 Å². The van der Waals surface area contributed by atoms with E-state index in [0.717, 1.165) is 30.6 Å². The van der Waals surface area contributed by atoms with Crippen molar-refractivity contribution >= 4 is 0 Å². The minimum atomic E-state index is 0.680. The van der Waals surface area contributed by atoms with Crippen LogP contribution in [0.1, 0.15) is 51.0 Å². The Morgan fingerprint density at radius 3 is 2.62 bits per heavy atom. The average Bonchev–Trinajstić information content (AvgIpc) is 3.18. The standard InChI is InChI=1S/C18H27NO2/c1-2-20-17-9-5-8-15(12-19-16-10-11-16)18(17)21-13-14-6-3-4-7-14/h5,8-9,14,16,19H,2-4,6-7,10-13H2,1H3. The van der Waals surface area contributed by atoms with Gasteiger partial charge in [-0.1, -0.05) is 25.0 Å². The Morgan fingerprint density at radius 1 is 1.10 bits per heavy atom. The molecular formula is C18H27NO2. The average molecular weight is 289 g/mol. The third kappa shape index (κ3) is 4.13. The summed E-state index contributed by atoms with van der Waals surface area (Å²) in [6.07, 6.45) is 7.96. The fourth-order valence-corrected chi connectivity index (χ4v) is 3.05. The lowest BCUT2D eigenvalue weighted by Crippen LogP contribution is -2.17. The highest BCUT2D eigenvalue weighted by molar-refractivity contribution is 5.46. The monoisotopic (exact) mass is 289 g/mol. The van der Waals surface area contributed by atoms with Crippen molar-refractivity contribution in [3.8, 4) is 11.5 Å². The van der Waals surface area contributed by atoms with Crippen molar-refractivity contribution in [1.29, 1.82) is 0 Å². The second-order valence-electron chi connectivity index (χ2n) is 6.29. The third-order valence-electron chi connectivity index (χ3n) is 4.46. The molecule has 1 aromatic rings. The lowest BCUT2D eigenvalue weighted by atomic mass is 10.1. The highest BCUT2D eigenvalue weighted by atomic mass is 16.5. The van der Waals surface area contributed by atoms with Gasteiger partial charge in [0.1, 0.15) is 0 Å². The molecule has 0 radical (unpaired) electrons. The SMILES string of the molecule is CCOc1cccc(CNC2CC2)c1OCC1CCCC1. The minimum absolute atomic E-state index is 0.680. The first-order valence-corrected chi connectivity index (χ1v) is 8.47. The lowest BCUT2D eigenvalue weighted by Gasteiger charge is -2.18. The summed E-state index contributed by atoms with van der Waals surface area (Å²) >= 11 is 0. The molecule has 0 spiro atoms. The summed E-state index contributed by atoms with van der Waals surface area (Å²) in [7, 11) is 0. The fraction of sp³-hybridized carbons (Fsp3) is 0.667. The van der Waals surface area contributed by atoms with Crippen LogP contribution in [0, 0.1) is 5.92 Å². The van der Waals surface area contributed by atoms with Crippen LogP contribution in [0.2, 0.25) is 0 Å². The highest BCUT2D eigenvalue weighted by Crippen LogP contribution is 2.34. The number of rotatable bonds is 8. The second kappa shape index (κ2) is 7.17. The molecular weight excluding hydrogens is 262 g/mol. The Kier molecular flexibility index (Phi) is 5.02. The minimum Gasteiger partial charge on any atom is -0.490 e. The number of hydrogen-bond donors (Lipinski definition) is 1. The van der Waals surface area contributed by atoms with Gasteiger partial charge >= 0.3 is 0 Å². The summed E-state index contributed by atoms with van der Waals surface area (Å²) < 4.78 is 12.0. The molecule has 0 aliphatic heterocycles. The zero-order chi connectivity index (χ0) is 14.5. The topological polar surface area (TPSA) is 30.5 Å². The maximum atomic E-state index is 6.19. The lowest BCUT2D eigenvalue weighted by molar-refractivity contribution is 0.231. The largest absolute Gasteiger partial charge is 0.490 e. The van der Waals surface area contributed by atoms with Gasteiger partial charge in [0.05, 0.1) is 13.2 Å². The van der Waals surface area contributed by atoms with E-state index in [2.05, 4.69) is 17.4 Å². The zero-order valence-corrected chi connectivity index (χ0v) is 13.1. The molecule has 0 atom stereocenters. The molecule has 0 amide bonds. The van der Waals surface area contributed by atoms with E-state index >= 15 is 0 Å². The van der Waals surface area contributed by atoms with Gasteiger partial charge in [0.2, 0.25) is 0 Å². The van der Waals surface area contributed by atoms with E-state index in [-0.39, 0.29) is 0 Å². The molecule has 3 rings (SSSR count). The van der Waals surface area contributed by atoms with Crippen LogP contribution in [0.25, 0.3) is 0 Å². The van der Waals surface area contributed by atoms with E-state index in [1.807, 2.05) is 13.0 Å². The van der Waals surface area contributed by atoms with Crippen molar-refractivity contribution in [2.45, 2.75) is 58.0 Å². The van der Waals surface area contributed by atoms with Crippen LogP contribution in [0.5, 0.6) is 11.5 Å². The molecule has 0 bridgehead atoms. The molecule has 3 nitrogen and oxygen atoms in total. The van der Waals surface area contributed by atoms with Crippen LogP contribution in [-0.2, 0) is 6.54 Å². The Morgan fingerprint density at radius 2 is 1.90 bits per heavy atom. The van der Waals surface area contributed by atoms with E-state index < -0.39 is 0 Å². The van der Waals surface area contributed by atoms with Crippen LogP contribution in [0.15, 0.2) is 18.2 Å². The Balaban J connectivity index is 1.68. The predicted octanol–water partition coefficient (Wildman–Crippen LogP) is 3.91. The fourth-order valence-electron chi connectivity index (χ4n) is 3.05. The molecule has 1 aromatic carbocycles. The first-order chi connectivity index (χ1) is 10.4. The number of benzene rings is 1. The molecule has 2 saturated carbocycles. The van der Waals surface area contributed by atoms with Crippen molar-refractivity contribution < 1.29 is 9.47 Å². The summed E-state index contributed by atoms with van der Waals surface area (Å²) in [6, 6.07) is 6.95. The van der Waals surface area contributed by atoms with Gasteiger partial charge < -0.3 is 14.8 Å². The predicted molar refractivity (Wildman–Crippen MR) is 84.9 cm³/mol. The van der Waals surface area contributed by atoms with Crippen molar-refractivity contribution in [1.82, 2.24) is 5.32 Å². The number of ether oxygens (including phenoxy) is 2. The molecule has 3 heteroatoms. The van der Waals surface area contributed by atoms with Gasteiger partial charge in [-0.2, -0.15) is 0 Å². The Hall–Kier alpha value is -1.22. The third-order valence-corrected chi connectivity index (χ3v) is 4.46. The molecule has 2 fully saturated rings. The van der Waals surface area contributed by atoms with Gasteiger partial charge in [-0.05, 0) is 44.6 Å². The molecule has 1 N–H and O–H groups in total. The first kappa shape index (κ1) is 14.7. The van der Waals surface area contributed by atoms with E-state index in [1.54, 1.807) is 0 Å². The molecule has 116 valence electrons. The smallest absolute Gasteiger partial charge is 0.165 e. The Labute approximate surface area is 128 Å². The molecule has 0 heterocycles. The van der Waals surface area contributed by atoms with Crippen molar-refractivity contribution in [3.63, 3.8) is 0 Å². The number of nitrogens with one attached hydrogen (secondary N) is 1. The van der Waals surface area contributed by atoms with E-state index in [1.165, 1.54) is 44.1 Å². The van der Waals surface area contributed by atoms with Crippen LogP contribution < -0.4 is 14.8 Å². The quantitative estimate of drug-likeness (QED) is 0.787. The summed E-state index contributed by atoms with van der Waals surface area (Å²) in [5, 5.41) is 3.58. The molecule has 0 aromatic heterocycles. The van der Waals surface area contributed by atoms with Crippen LogP contribution >= 0.6 is 0 Å². The van der Waals surface area contributed by atoms with Crippen molar-refractivity contribution in [2.75, 3.05) is 13.2 Å².